The summed E-state index contributed by atoms with van der Waals surface area (Å²) < 4.78 is 13.2. The molecule has 0 radical (unpaired) electrons. The van der Waals surface area contributed by atoms with Crippen molar-refractivity contribution >= 4 is 22.9 Å². The average molecular weight is 375 g/mol. The van der Waals surface area contributed by atoms with Crippen LogP contribution in [-0.2, 0) is 13.6 Å². The molecule has 0 fully saturated rings. The molecule has 0 aromatic heterocycles. The summed E-state index contributed by atoms with van der Waals surface area (Å²) in [4.78, 5) is 11.5. The molecule has 144 valence electrons. The van der Waals surface area contributed by atoms with E-state index in [9.17, 15) is 4.79 Å². The van der Waals surface area contributed by atoms with Crippen LogP contribution in [-0.4, -0.2) is 35.1 Å². The van der Waals surface area contributed by atoms with Crippen LogP contribution in [0.25, 0.3) is 0 Å². The molecule has 24 heavy (non-hydrogen) atoms. The van der Waals surface area contributed by atoms with Gasteiger partial charge in [-0.3, -0.25) is 0 Å². The first-order chi connectivity index (χ1) is 10.7. The Morgan fingerprint density at radius 3 is 1.83 bits per heavy atom. The zero-order valence-electron chi connectivity index (χ0n) is 18.0. The topological polar surface area (TPSA) is 35.5 Å². The molecule has 0 aliphatic rings. The van der Waals surface area contributed by atoms with Crippen LogP contribution >= 0.6 is 0 Å². The Kier molecular flexibility index (Phi) is 9.11. The quantitative estimate of drug-likeness (QED) is 0.354. The van der Waals surface area contributed by atoms with Crippen molar-refractivity contribution in [3.63, 3.8) is 0 Å². The third kappa shape index (κ3) is 7.50. The molecule has 0 aliphatic heterocycles. The van der Waals surface area contributed by atoms with E-state index in [1.807, 2.05) is 6.92 Å². The van der Waals surface area contributed by atoms with Crippen LogP contribution in [0.3, 0.4) is 0 Å². The fourth-order valence-electron chi connectivity index (χ4n) is 2.66. The van der Waals surface area contributed by atoms with E-state index in [2.05, 4.69) is 67.4 Å². The maximum Gasteiger partial charge on any atom is 0.192 e. The fourth-order valence-corrected chi connectivity index (χ4v) is 5.35. The molecule has 4 atom stereocenters. The van der Waals surface area contributed by atoms with Gasteiger partial charge >= 0.3 is 0 Å². The van der Waals surface area contributed by atoms with E-state index in [-0.39, 0.29) is 29.1 Å². The lowest BCUT2D eigenvalue weighted by molar-refractivity contribution is -0.115. The second-order valence-corrected chi connectivity index (χ2v) is 19.0. The van der Waals surface area contributed by atoms with Gasteiger partial charge in [0.1, 0.15) is 6.29 Å². The van der Waals surface area contributed by atoms with Crippen LogP contribution in [0.4, 0.5) is 0 Å². The molecule has 5 heteroatoms. The van der Waals surface area contributed by atoms with E-state index < -0.39 is 16.6 Å². The molecule has 0 amide bonds. The summed E-state index contributed by atoms with van der Waals surface area (Å²) >= 11 is 0. The highest BCUT2D eigenvalue weighted by atomic mass is 28.4. The summed E-state index contributed by atoms with van der Waals surface area (Å²) in [6.07, 6.45) is 3.23. The van der Waals surface area contributed by atoms with Gasteiger partial charge in [-0.25, -0.2) is 0 Å². The van der Waals surface area contributed by atoms with E-state index in [1.54, 1.807) is 0 Å². The molecule has 0 aromatic rings. The van der Waals surface area contributed by atoms with Gasteiger partial charge in [0.05, 0.1) is 12.2 Å². The molecule has 0 N–H and O–H groups in total. The number of hydrogen-bond acceptors (Lipinski definition) is 3. The molecule has 0 rings (SSSR count). The summed E-state index contributed by atoms with van der Waals surface area (Å²) in [6, 6.07) is 0. The van der Waals surface area contributed by atoms with Gasteiger partial charge in [0.2, 0.25) is 0 Å². The van der Waals surface area contributed by atoms with E-state index in [0.717, 1.165) is 19.1 Å². The Morgan fingerprint density at radius 2 is 1.50 bits per heavy atom. The normalized spacial score (nSPS) is 18.8. The van der Waals surface area contributed by atoms with Gasteiger partial charge in [0.25, 0.3) is 0 Å². The molecule has 0 aromatic carbocycles. The van der Waals surface area contributed by atoms with Crippen molar-refractivity contribution in [2.75, 3.05) is 0 Å². The van der Waals surface area contributed by atoms with E-state index in [4.69, 9.17) is 8.85 Å². The van der Waals surface area contributed by atoms with Gasteiger partial charge in [0.15, 0.2) is 16.6 Å². The van der Waals surface area contributed by atoms with Crippen LogP contribution in [0, 0.1) is 11.8 Å². The van der Waals surface area contributed by atoms with E-state index in [0.29, 0.717) is 0 Å². The van der Waals surface area contributed by atoms with Gasteiger partial charge in [-0.1, -0.05) is 48.0 Å². The lowest BCUT2D eigenvalue weighted by Crippen LogP contribution is -2.50. The average Bonchev–Trinajstić information content (AvgIpc) is 2.40. The molecule has 0 saturated heterocycles. The molecular formula is C19H42O3Si2. The largest absolute Gasteiger partial charge is 0.414 e. The number of aldehydes is 1. The second-order valence-electron chi connectivity index (χ2n) is 9.75. The van der Waals surface area contributed by atoms with E-state index >= 15 is 0 Å². The standard InChI is InChI=1S/C19H42O3Si2/c1-12-13-17(21-24(10,11)19(4,5)6)16(3)18(15(2)14-20)22-23(7,8)9/h14-18H,12-13H2,1-11H3/t15-,16-,17-,18+/m1/s1. The van der Waals surface area contributed by atoms with Gasteiger partial charge in [-0.15, -0.1) is 0 Å². The number of carbonyl (C=O) groups excluding carboxylic acids is 1. The third-order valence-corrected chi connectivity index (χ3v) is 10.6. The molecule has 0 unspecified atom stereocenters. The monoisotopic (exact) mass is 374 g/mol. The maximum absolute atomic E-state index is 11.5. The minimum atomic E-state index is -1.85. The highest BCUT2D eigenvalue weighted by molar-refractivity contribution is 6.74. The highest BCUT2D eigenvalue weighted by Gasteiger charge is 2.42. The molecular weight excluding hydrogens is 332 g/mol. The molecule has 3 nitrogen and oxygen atoms in total. The zero-order chi connectivity index (χ0) is 19.3. The van der Waals surface area contributed by atoms with Crippen molar-refractivity contribution in [2.45, 2.75) is 104 Å². The molecule has 0 aliphatic carbocycles. The second kappa shape index (κ2) is 9.10. The van der Waals surface area contributed by atoms with Crippen LogP contribution < -0.4 is 0 Å². The third-order valence-electron chi connectivity index (χ3n) is 5.15. The predicted octanol–water partition coefficient (Wildman–Crippen LogP) is 5.87. The number of carbonyl (C=O) groups is 1. The SMILES string of the molecule is CCC[C@@H](O[Si](C)(C)C(C)(C)C)[C@@H](C)[C@@H](O[Si](C)(C)C)[C@H](C)C=O. The van der Waals surface area contributed by atoms with Crippen LogP contribution in [0.15, 0.2) is 0 Å². The van der Waals surface area contributed by atoms with Crippen molar-refractivity contribution in [2.24, 2.45) is 11.8 Å². The smallest absolute Gasteiger partial charge is 0.192 e. The maximum atomic E-state index is 11.5. The van der Waals surface area contributed by atoms with Crippen LogP contribution in [0.2, 0.25) is 37.8 Å². The molecule has 0 saturated carbocycles. The molecule has 0 spiro atoms. The summed E-state index contributed by atoms with van der Waals surface area (Å²) in [6.45, 7) is 24.4. The minimum absolute atomic E-state index is 0.0597. The summed E-state index contributed by atoms with van der Waals surface area (Å²) in [5.74, 6) is 0.111. The fraction of sp³-hybridized carbons (Fsp3) is 0.947. The highest BCUT2D eigenvalue weighted by Crippen LogP contribution is 2.39. The van der Waals surface area contributed by atoms with Crippen molar-refractivity contribution in [1.29, 1.82) is 0 Å². The van der Waals surface area contributed by atoms with E-state index in [1.165, 1.54) is 0 Å². The van der Waals surface area contributed by atoms with Crippen LogP contribution in [0.1, 0.15) is 54.4 Å². The Labute approximate surface area is 153 Å². The van der Waals surface area contributed by atoms with Crippen molar-refractivity contribution in [3.8, 4) is 0 Å². The number of rotatable bonds is 10. The Bertz CT molecular complexity index is 383. The molecule has 0 heterocycles. The molecule has 0 bridgehead atoms. The summed E-state index contributed by atoms with van der Waals surface area (Å²) in [5, 5.41) is 0.185. The zero-order valence-corrected chi connectivity index (χ0v) is 20.0. The summed E-state index contributed by atoms with van der Waals surface area (Å²) in [7, 11) is -3.58. The first-order valence-corrected chi connectivity index (χ1v) is 15.8. The van der Waals surface area contributed by atoms with Gasteiger partial charge < -0.3 is 13.6 Å². The summed E-state index contributed by atoms with van der Waals surface area (Å²) in [5.41, 5.74) is 0. The van der Waals surface area contributed by atoms with Crippen LogP contribution in [0.5, 0.6) is 0 Å². The lowest BCUT2D eigenvalue weighted by atomic mass is 9.88. The minimum Gasteiger partial charge on any atom is -0.414 e. The van der Waals surface area contributed by atoms with Gasteiger partial charge in [-0.2, -0.15) is 0 Å². The van der Waals surface area contributed by atoms with Crippen molar-refractivity contribution in [1.82, 2.24) is 0 Å². The van der Waals surface area contributed by atoms with Crippen molar-refractivity contribution < 1.29 is 13.6 Å². The Balaban J connectivity index is 5.48. The Morgan fingerprint density at radius 1 is 1.00 bits per heavy atom. The lowest BCUT2D eigenvalue weighted by Gasteiger charge is -2.43. The van der Waals surface area contributed by atoms with Gasteiger partial charge in [0, 0.05) is 11.8 Å². The first-order valence-electron chi connectivity index (χ1n) is 9.47. The number of hydrogen-bond donors (Lipinski definition) is 0. The first kappa shape index (κ1) is 24.0. The van der Waals surface area contributed by atoms with Gasteiger partial charge in [-0.05, 0) is 44.2 Å². The predicted molar refractivity (Wildman–Crippen MR) is 110 cm³/mol. The Hall–Kier alpha value is 0.0238. The van der Waals surface area contributed by atoms with Crippen molar-refractivity contribution in [3.05, 3.63) is 0 Å².